The normalized spacial score (nSPS) is 14.8. The van der Waals surface area contributed by atoms with E-state index in [1.165, 1.54) is 42.5 Å². The highest BCUT2D eigenvalue weighted by Gasteiger charge is 2.35. The van der Waals surface area contributed by atoms with Gasteiger partial charge >= 0.3 is 5.97 Å². The molecule has 0 aromatic heterocycles. The van der Waals surface area contributed by atoms with Crippen molar-refractivity contribution < 1.29 is 28.6 Å². The summed E-state index contributed by atoms with van der Waals surface area (Å²) >= 11 is 5.17. The number of thiocarbonyl (C=S) groups is 1. The van der Waals surface area contributed by atoms with Crippen LogP contribution in [0.15, 0.2) is 78.4 Å². The monoisotopic (exact) mass is 476 g/mol. The van der Waals surface area contributed by atoms with Crippen molar-refractivity contribution in [3.8, 4) is 5.75 Å². The lowest BCUT2D eigenvalue weighted by Crippen LogP contribution is -2.54. The average molecular weight is 476 g/mol. The van der Waals surface area contributed by atoms with Gasteiger partial charge in [-0.1, -0.05) is 36.4 Å². The molecule has 0 atom stereocenters. The topological polar surface area (TPSA) is 95.9 Å². The molecule has 0 unspecified atom stereocenters. The Kier molecular flexibility index (Phi) is 6.46. The van der Waals surface area contributed by atoms with Crippen molar-refractivity contribution in [1.29, 1.82) is 0 Å². The molecular formula is C25H17FN2O5S. The van der Waals surface area contributed by atoms with Crippen molar-refractivity contribution in [3.63, 3.8) is 0 Å². The molecule has 9 heteroatoms. The van der Waals surface area contributed by atoms with Crippen LogP contribution in [0.4, 0.5) is 10.1 Å². The molecule has 1 aliphatic heterocycles. The number of rotatable bonds is 6. The molecule has 3 aromatic rings. The van der Waals surface area contributed by atoms with Gasteiger partial charge in [0.1, 0.15) is 23.7 Å². The van der Waals surface area contributed by atoms with E-state index in [1.807, 2.05) is 0 Å². The van der Waals surface area contributed by atoms with Crippen LogP contribution < -0.4 is 15.0 Å². The van der Waals surface area contributed by atoms with Gasteiger partial charge in [0, 0.05) is 5.56 Å². The molecule has 0 saturated carbocycles. The summed E-state index contributed by atoms with van der Waals surface area (Å²) in [6.07, 6.45) is 1.37. The number of hydrogen-bond donors (Lipinski definition) is 2. The number of benzene rings is 3. The number of halogens is 1. The van der Waals surface area contributed by atoms with E-state index in [0.717, 1.165) is 4.90 Å². The molecule has 170 valence electrons. The number of ether oxygens (including phenoxy) is 1. The Bertz CT molecular complexity index is 1350. The summed E-state index contributed by atoms with van der Waals surface area (Å²) < 4.78 is 19.3. The van der Waals surface area contributed by atoms with Gasteiger partial charge in [-0.25, -0.2) is 9.18 Å². The highest BCUT2D eigenvalue weighted by Crippen LogP contribution is 2.26. The van der Waals surface area contributed by atoms with Crippen molar-refractivity contribution in [2.24, 2.45) is 0 Å². The van der Waals surface area contributed by atoms with E-state index in [0.29, 0.717) is 16.9 Å². The highest BCUT2D eigenvalue weighted by molar-refractivity contribution is 7.80. The number of nitrogens with one attached hydrogen (secondary N) is 1. The zero-order valence-corrected chi connectivity index (χ0v) is 18.3. The summed E-state index contributed by atoms with van der Waals surface area (Å²) in [5.74, 6) is -2.57. The lowest BCUT2D eigenvalue weighted by molar-refractivity contribution is -0.122. The van der Waals surface area contributed by atoms with Crippen LogP contribution in [0.1, 0.15) is 21.5 Å². The van der Waals surface area contributed by atoms with E-state index >= 15 is 0 Å². The minimum absolute atomic E-state index is 0.0355. The fourth-order valence-corrected chi connectivity index (χ4v) is 3.63. The van der Waals surface area contributed by atoms with Crippen LogP contribution in [-0.2, 0) is 16.2 Å². The first-order chi connectivity index (χ1) is 16.3. The van der Waals surface area contributed by atoms with Crippen LogP contribution in [0.3, 0.4) is 0 Å². The van der Waals surface area contributed by atoms with E-state index in [2.05, 4.69) is 5.32 Å². The second-order valence-corrected chi connectivity index (χ2v) is 7.66. The predicted molar refractivity (Wildman–Crippen MR) is 127 cm³/mol. The SMILES string of the molecule is O=C1NC(=S)N(c2cccc(C(=O)O)c2)C(=O)C1=Cc1ccccc1OCc1cccc(F)c1. The van der Waals surface area contributed by atoms with Crippen molar-refractivity contribution in [2.45, 2.75) is 6.61 Å². The minimum Gasteiger partial charge on any atom is -0.488 e. The van der Waals surface area contributed by atoms with Crippen molar-refractivity contribution in [3.05, 3.63) is 101 Å². The van der Waals surface area contributed by atoms with Gasteiger partial charge in [-0.3, -0.25) is 19.8 Å². The number of aromatic carboxylic acids is 1. The second-order valence-electron chi connectivity index (χ2n) is 7.27. The Morgan fingerprint density at radius 3 is 2.59 bits per heavy atom. The number of carbonyl (C=O) groups excluding carboxylic acids is 2. The molecule has 7 nitrogen and oxygen atoms in total. The molecule has 34 heavy (non-hydrogen) atoms. The van der Waals surface area contributed by atoms with E-state index < -0.39 is 17.8 Å². The molecule has 1 fully saturated rings. The van der Waals surface area contributed by atoms with Gasteiger partial charge in [0.25, 0.3) is 11.8 Å². The first-order valence-electron chi connectivity index (χ1n) is 10.0. The molecule has 0 spiro atoms. The van der Waals surface area contributed by atoms with Crippen LogP contribution in [0.25, 0.3) is 6.08 Å². The maximum Gasteiger partial charge on any atom is 0.335 e. The van der Waals surface area contributed by atoms with Crippen LogP contribution in [0.2, 0.25) is 0 Å². The Hall–Kier alpha value is -4.37. The summed E-state index contributed by atoms with van der Waals surface area (Å²) in [7, 11) is 0. The highest BCUT2D eigenvalue weighted by atomic mass is 32.1. The quantitative estimate of drug-likeness (QED) is 0.318. The standard InChI is InChI=1S/C25H17FN2O5S/c26-18-8-3-5-15(11-18)14-33-21-10-2-1-6-16(21)13-20-22(29)27-25(34)28(23(20)30)19-9-4-7-17(12-19)24(31)32/h1-13H,14H2,(H,31,32)(H,27,29,34). The molecule has 1 aliphatic rings. The molecule has 2 amide bonds. The van der Waals surface area contributed by atoms with Crippen molar-refractivity contribution in [2.75, 3.05) is 4.90 Å². The van der Waals surface area contributed by atoms with Crippen LogP contribution in [-0.4, -0.2) is 28.0 Å². The van der Waals surface area contributed by atoms with Gasteiger partial charge in [0.15, 0.2) is 5.11 Å². The summed E-state index contributed by atoms with van der Waals surface area (Å²) in [4.78, 5) is 38.2. The average Bonchev–Trinajstić information content (AvgIpc) is 2.81. The third-order valence-electron chi connectivity index (χ3n) is 4.96. The fourth-order valence-electron chi connectivity index (χ4n) is 3.34. The third-order valence-corrected chi connectivity index (χ3v) is 5.24. The van der Waals surface area contributed by atoms with E-state index in [-0.39, 0.29) is 34.4 Å². The smallest absolute Gasteiger partial charge is 0.335 e. The number of hydrogen-bond acceptors (Lipinski definition) is 5. The van der Waals surface area contributed by atoms with Crippen LogP contribution >= 0.6 is 12.2 Å². The van der Waals surface area contributed by atoms with E-state index in [4.69, 9.17) is 17.0 Å². The van der Waals surface area contributed by atoms with Crippen molar-refractivity contribution in [1.82, 2.24) is 5.32 Å². The first-order valence-corrected chi connectivity index (χ1v) is 10.5. The fraction of sp³-hybridized carbons (Fsp3) is 0.0400. The maximum atomic E-state index is 13.5. The molecule has 4 rings (SSSR count). The number of carbonyl (C=O) groups is 3. The molecule has 0 radical (unpaired) electrons. The van der Waals surface area contributed by atoms with Gasteiger partial charge in [-0.15, -0.1) is 0 Å². The Morgan fingerprint density at radius 1 is 1.06 bits per heavy atom. The number of carboxylic acids is 1. The zero-order valence-electron chi connectivity index (χ0n) is 17.5. The molecular weight excluding hydrogens is 459 g/mol. The van der Waals surface area contributed by atoms with E-state index in [9.17, 15) is 23.9 Å². The Morgan fingerprint density at radius 2 is 1.82 bits per heavy atom. The van der Waals surface area contributed by atoms with Gasteiger partial charge in [0.05, 0.1) is 11.3 Å². The Labute approximate surface area is 199 Å². The number of para-hydroxylation sites is 1. The van der Waals surface area contributed by atoms with E-state index in [1.54, 1.807) is 36.4 Å². The van der Waals surface area contributed by atoms with Gasteiger partial charge in [0.2, 0.25) is 0 Å². The van der Waals surface area contributed by atoms with Gasteiger partial charge < -0.3 is 9.84 Å². The van der Waals surface area contributed by atoms with Crippen molar-refractivity contribution >= 4 is 46.9 Å². The predicted octanol–water partition coefficient (Wildman–Crippen LogP) is 3.93. The number of carboxylic acid groups (broad SMARTS) is 1. The largest absolute Gasteiger partial charge is 0.488 e. The van der Waals surface area contributed by atoms with Crippen LogP contribution in [0.5, 0.6) is 5.75 Å². The Balaban J connectivity index is 1.65. The second kappa shape index (κ2) is 9.63. The molecule has 0 bridgehead atoms. The third kappa shape index (κ3) is 4.84. The lowest BCUT2D eigenvalue weighted by atomic mass is 10.1. The first kappa shape index (κ1) is 22.8. The summed E-state index contributed by atoms with van der Waals surface area (Å²) in [5, 5.41) is 11.6. The molecule has 0 aliphatic carbocycles. The van der Waals surface area contributed by atoms with Gasteiger partial charge in [-0.05, 0) is 60.3 Å². The van der Waals surface area contributed by atoms with Gasteiger partial charge in [-0.2, -0.15) is 0 Å². The minimum atomic E-state index is -1.17. The molecule has 3 aromatic carbocycles. The lowest BCUT2D eigenvalue weighted by Gasteiger charge is -2.29. The number of amides is 2. The number of anilines is 1. The molecule has 1 saturated heterocycles. The zero-order chi connectivity index (χ0) is 24.2. The number of nitrogens with zero attached hydrogens (tertiary/aromatic N) is 1. The van der Waals surface area contributed by atoms with Crippen LogP contribution in [0, 0.1) is 5.82 Å². The maximum absolute atomic E-state index is 13.5. The molecule has 1 heterocycles. The summed E-state index contributed by atoms with van der Waals surface area (Å²) in [5.41, 5.74) is 1.02. The summed E-state index contributed by atoms with van der Waals surface area (Å²) in [6.45, 7) is 0.0796. The summed E-state index contributed by atoms with van der Waals surface area (Å²) in [6, 6.07) is 18.4. The molecule has 2 N–H and O–H groups in total.